The number of aliphatic imine (C=N–C) groups is 1. The van der Waals surface area contributed by atoms with Crippen LogP contribution in [0.15, 0.2) is 28.1 Å². The van der Waals surface area contributed by atoms with E-state index in [4.69, 9.17) is 0 Å². The highest BCUT2D eigenvalue weighted by atomic mass is 32.2. The van der Waals surface area contributed by atoms with E-state index in [0.717, 1.165) is 31.1 Å². The van der Waals surface area contributed by atoms with E-state index in [-0.39, 0.29) is 11.7 Å². The quantitative estimate of drug-likeness (QED) is 0.805. The van der Waals surface area contributed by atoms with Crippen LogP contribution in [0.3, 0.4) is 0 Å². The molecule has 1 amide bonds. The van der Waals surface area contributed by atoms with Gasteiger partial charge < -0.3 is 14.9 Å². The van der Waals surface area contributed by atoms with Gasteiger partial charge in [0.25, 0.3) is 5.91 Å². The maximum Gasteiger partial charge on any atom is 0.286 e. The van der Waals surface area contributed by atoms with Crippen molar-refractivity contribution in [2.75, 3.05) is 26.2 Å². The second-order valence-electron chi connectivity index (χ2n) is 6.97. The smallest absolute Gasteiger partial charge is 0.286 e. The molecule has 0 aromatic heterocycles. The van der Waals surface area contributed by atoms with E-state index in [0.29, 0.717) is 16.5 Å². The van der Waals surface area contributed by atoms with Crippen LogP contribution < -0.4 is 0 Å². The maximum atomic E-state index is 13.4. The number of benzene rings is 1. The van der Waals surface area contributed by atoms with Gasteiger partial charge >= 0.3 is 0 Å². The lowest BCUT2D eigenvalue weighted by molar-refractivity contribution is -0.113. The molecule has 7 heteroatoms. The molecule has 3 heterocycles. The molecule has 26 heavy (non-hydrogen) atoms. The van der Waals surface area contributed by atoms with Gasteiger partial charge in [0, 0.05) is 24.7 Å². The summed E-state index contributed by atoms with van der Waals surface area (Å²) in [5, 5.41) is 10.6. The predicted molar refractivity (Wildman–Crippen MR) is 101 cm³/mol. The Bertz CT molecular complexity index is 766. The molecular weight excluding hydrogens is 353 g/mol. The Morgan fingerprint density at radius 2 is 1.92 bits per heavy atom. The van der Waals surface area contributed by atoms with Crippen LogP contribution in [0.4, 0.5) is 4.39 Å². The molecule has 138 valence electrons. The SMILES string of the molecule is O=C1N=C(N2CCC(N3CCCC3)CC2)S/C1=C\c1cc(F)ccc1O. The number of nitrogens with zero attached hydrogens (tertiary/aromatic N) is 3. The van der Waals surface area contributed by atoms with Crippen LogP contribution in [0.25, 0.3) is 6.08 Å². The van der Waals surface area contributed by atoms with E-state index < -0.39 is 5.82 Å². The number of thioether (sulfide) groups is 1. The first kappa shape index (κ1) is 17.5. The van der Waals surface area contributed by atoms with Crippen LogP contribution in [0.2, 0.25) is 0 Å². The van der Waals surface area contributed by atoms with Gasteiger partial charge in [-0.05, 0) is 74.8 Å². The predicted octanol–water partition coefficient (Wildman–Crippen LogP) is 3.06. The number of hydrogen-bond acceptors (Lipinski definition) is 5. The highest BCUT2D eigenvalue weighted by molar-refractivity contribution is 8.18. The molecule has 2 fully saturated rings. The summed E-state index contributed by atoms with van der Waals surface area (Å²) >= 11 is 1.31. The summed E-state index contributed by atoms with van der Waals surface area (Å²) in [5.41, 5.74) is 0.296. The number of amidine groups is 1. The minimum atomic E-state index is -0.449. The minimum Gasteiger partial charge on any atom is -0.507 e. The topological polar surface area (TPSA) is 56.1 Å². The van der Waals surface area contributed by atoms with Gasteiger partial charge in [-0.25, -0.2) is 4.39 Å². The van der Waals surface area contributed by atoms with Crippen molar-refractivity contribution in [1.29, 1.82) is 0 Å². The van der Waals surface area contributed by atoms with Crippen molar-refractivity contribution in [2.45, 2.75) is 31.7 Å². The molecule has 0 saturated carbocycles. The zero-order chi connectivity index (χ0) is 18.1. The van der Waals surface area contributed by atoms with Gasteiger partial charge in [-0.2, -0.15) is 4.99 Å². The number of halogens is 1. The minimum absolute atomic E-state index is 0.0489. The Morgan fingerprint density at radius 3 is 2.65 bits per heavy atom. The van der Waals surface area contributed by atoms with Crippen molar-refractivity contribution in [3.05, 3.63) is 34.5 Å². The number of phenols is 1. The van der Waals surface area contributed by atoms with Crippen LogP contribution >= 0.6 is 11.8 Å². The summed E-state index contributed by atoms with van der Waals surface area (Å²) in [5.74, 6) is -0.822. The summed E-state index contributed by atoms with van der Waals surface area (Å²) in [6, 6.07) is 4.34. The molecule has 1 aromatic carbocycles. The van der Waals surface area contributed by atoms with E-state index in [1.807, 2.05) is 0 Å². The molecule has 0 atom stereocenters. The van der Waals surface area contributed by atoms with Crippen molar-refractivity contribution in [3.63, 3.8) is 0 Å². The molecule has 0 unspecified atom stereocenters. The highest BCUT2D eigenvalue weighted by Crippen LogP contribution is 2.33. The van der Waals surface area contributed by atoms with Gasteiger partial charge in [0.15, 0.2) is 5.17 Å². The Labute approximate surface area is 156 Å². The van der Waals surface area contributed by atoms with Gasteiger partial charge in [0.05, 0.1) is 4.91 Å². The zero-order valence-electron chi connectivity index (χ0n) is 14.5. The molecular formula is C19H22FN3O2S. The van der Waals surface area contributed by atoms with Crippen LogP contribution in [0.1, 0.15) is 31.2 Å². The first-order valence-corrected chi connectivity index (χ1v) is 9.92. The average molecular weight is 375 g/mol. The zero-order valence-corrected chi connectivity index (χ0v) is 15.3. The van der Waals surface area contributed by atoms with Crippen LogP contribution in [0, 0.1) is 5.82 Å². The fourth-order valence-electron chi connectivity index (χ4n) is 3.84. The number of phenolic OH excluding ortho intramolecular Hbond substituents is 1. The number of carbonyl (C=O) groups excluding carboxylic acids is 1. The molecule has 0 aliphatic carbocycles. The monoisotopic (exact) mass is 375 g/mol. The number of rotatable bonds is 2. The van der Waals surface area contributed by atoms with E-state index >= 15 is 0 Å². The van der Waals surface area contributed by atoms with Gasteiger partial charge in [0.1, 0.15) is 11.6 Å². The Morgan fingerprint density at radius 1 is 1.19 bits per heavy atom. The van der Waals surface area contributed by atoms with Crippen LogP contribution in [0.5, 0.6) is 5.75 Å². The lowest BCUT2D eigenvalue weighted by Crippen LogP contribution is -2.45. The lowest BCUT2D eigenvalue weighted by Gasteiger charge is -2.37. The normalized spacial score (nSPS) is 23.9. The van der Waals surface area contributed by atoms with Crippen molar-refractivity contribution >= 4 is 28.9 Å². The van der Waals surface area contributed by atoms with E-state index in [2.05, 4.69) is 14.8 Å². The van der Waals surface area contributed by atoms with Crippen molar-refractivity contribution < 1.29 is 14.3 Å². The summed E-state index contributed by atoms with van der Waals surface area (Å²) in [6.07, 6.45) is 6.31. The molecule has 3 aliphatic heterocycles. The molecule has 0 bridgehead atoms. The van der Waals surface area contributed by atoms with Crippen molar-refractivity contribution in [2.24, 2.45) is 4.99 Å². The summed E-state index contributed by atoms with van der Waals surface area (Å²) < 4.78 is 13.4. The Hall–Kier alpha value is -1.86. The fraction of sp³-hybridized carbons (Fsp3) is 0.474. The molecule has 1 aromatic rings. The van der Waals surface area contributed by atoms with Gasteiger partial charge in [-0.15, -0.1) is 0 Å². The second-order valence-corrected chi connectivity index (χ2v) is 7.98. The fourth-order valence-corrected chi connectivity index (χ4v) is 4.80. The lowest BCUT2D eigenvalue weighted by atomic mass is 10.0. The number of amides is 1. The van der Waals surface area contributed by atoms with Crippen LogP contribution in [-0.4, -0.2) is 58.2 Å². The largest absolute Gasteiger partial charge is 0.507 e. The van der Waals surface area contributed by atoms with E-state index in [1.165, 1.54) is 62.0 Å². The maximum absolute atomic E-state index is 13.4. The first-order chi connectivity index (χ1) is 12.6. The summed E-state index contributed by atoms with van der Waals surface area (Å²) in [7, 11) is 0. The first-order valence-electron chi connectivity index (χ1n) is 9.10. The molecule has 0 radical (unpaired) electrons. The third kappa shape index (κ3) is 3.64. The van der Waals surface area contributed by atoms with Crippen LogP contribution in [-0.2, 0) is 4.79 Å². The van der Waals surface area contributed by atoms with E-state index in [1.54, 1.807) is 0 Å². The molecule has 2 saturated heterocycles. The molecule has 4 rings (SSSR count). The number of hydrogen-bond donors (Lipinski definition) is 1. The Balaban J connectivity index is 1.40. The van der Waals surface area contributed by atoms with Gasteiger partial charge in [-0.3, -0.25) is 4.79 Å². The summed E-state index contributed by atoms with van der Waals surface area (Å²) in [6.45, 7) is 4.23. The van der Waals surface area contributed by atoms with Crippen molar-refractivity contribution in [1.82, 2.24) is 9.80 Å². The number of aromatic hydroxyl groups is 1. The molecule has 0 spiro atoms. The number of piperidine rings is 1. The third-order valence-electron chi connectivity index (χ3n) is 5.28. The second kappa shape index (κ2) is 7.40. The molecule has 3 aliphatic rings. The van der Waals surface area contributed by atoms with Gasteiger partial charge in [0.2, 0.25) is 0 Å². The highest BCUT2D eigenvalue weighted by Gasteiger charge is 2.31. The number of likely N-dealkylation sites (tertiary alicyclic amines) is 2. The molecule has 5 nitrogen and oxygen atoms in total. The Kier molecular flexibility index (Phi) is 5.00. The number of carbonyl (C=O) groups is 1. The van der Waals surface area contributed by atoms with E-state index in [9.17, 15) is 14.3 Å². The van der Waals surface area contributed by atoms with Gasteiger partial charge in [-0.1, -0.05) is 0 Å². The van der Waals surface area contributed by atoms with Crippen molar-refractivity contribution in [3.8, 4) is 5.75 Å². The summed E-state index contributed by atoms with van der Waals surface area (Å²) in [4.78, 5) is 21.6. The third-order valence-corrected chi connectivity index (χ3v) is 6.32. The standard InChI is InChI=1S/C19H22FN3O2S/c20-14-3-4-16(24)13(11-14)12-17-18(25)21-19(26-17)23-9-5-15(6-10-23)22-7-1-2-8-22/h3-4,11-12,15,24H,1-2,5-10H2/b17-12-. The molecule has 1 N–H and O–H groups in total. The average Bonchev–Trinajstić information content (AvgIpc) is 3.29.